The Morgan fingerprint density at radius 2 is 2.15 bits per heavy atom. The van der Waals surface area contributed by atoms with Gasteiger partial charge in [0.05, 0.1) is 20.1 Å². The Labute approximate surface area is 129 Å². The number of esters is 1. The predicted molar refractivity (Wildman–Crippen MR) is 82.8 cm³/mol. The van der Waals surface area contributed by atoms with Crippen LogP contribution < -0.4 is 10.1 Å². The number of hydrogen-bond donors (Lipinski definition) is 1. The average Bonchev–Trinajstić information content (AvgIpc) is 2.40. The number of halogens is 1. The topological polar surface area (TPSA) is 47.6 Å². The molecule has 1 N–H and O–H groups in total. The van der Waals surface area contributed by atoms with Crippen molar-refractivity contribution >= 4 is 21.9 Å². The van der Waals surface area contributed by atoms with E-state index in [1.165, 1.54) is 7.11 Å². The normalized spacial score (nSPS) is 10.7. The molecule has 0 aromatic heterocycles. The summed E-state index contributed by atoms with van der Waals surface area (Å²) in [5.41, 5.74) is 1.07. The van der Waals surface area contributed by atoms with Gasteiger partial charge in [-0.1, -0.05) is 29.8 Å². The largest absolute Gasteiger partial charge is 0.493 e. The van der Waals surface area contributed by atoms with Gasteiger partial charge in [0.15, 0.2) is 0 Å². The molecule has 0 unspecified atom stereocenters. The Bertz CT molecular complexity index is 435. The monoisotopic (exact) mass is 343 g/mol. The maximum absolute atomic E-state index is 11.1. The first-order valence-corrected chi connectivity index (χ1v) is 7.51. The minimum atomic E-state index is -0.262. The Kier molecular flexibility index (Phi) is 7.62. The zero-order chi connectivity index (χ0) is 15.0. The van der Waals surface area contributed by atoms with Gasteiger partial charge in [0.25, 0.3) is 0 Å². The fourth-order valence-electron chi connectivity index (χ4n) is 1.67. The Balaban J connectivity index is 2.57. The van der Waals surface area contributed by atoms with Crippen LogP contribution in [0, 0.1) is 5.92 Å². The number of hydrogen-bond acceptors (Lipinski definition) is 4. The Hall–Kier alpha value is -1.07. The van der Waals surface area contributed by atoms with Crippen molar-refractivity contribution in [3.8, 4) is 5.75 Å². The molecule has 0 aliphatic carbocycles. The van der Waals surface area contributed by atoms with Gasteiger partial charge < -0.3 is 14.8 Å². The summed E-state index contributed by atoms with van der Waals surface area (Å²) in [4.78, 5) is 11.1. The molecule has 0 fully saturated rings. The van der Waals surface area contributed by atoms with E-state index in [4.69, 9.17) is 4.74 Å². The molecule has 0 aliphatic heterocycles. The summed E-state index contributed by atoms with van der Waals surface area (Å²) in [6, 6.07) is 5.87. The molecule has 0 saturated heterocycles. The highest BCUT2D eigenvalue weighted by molar-refractivity contribution is 9.10. The van der Waals surface area contributed by atoms with Crippen molar-refractivity contribution in [1.29, 1.82) is 0 Å². The molecule has 1 aromatic carbocycles. The Morgan fingerprint density at radius 1 is 1.40 bits per heavy atom. The quantitative estimate of drug-likeness (QED) is 0.736. The van der Waals surface area contributed by atoms with Crippen molar-refractivity contribution in [1.82, 2.24) is 5.32 Å². The molecule has 1 aromatic rings. The zero-order valence-corrected chi connectivity index (χ0v) is 13.8. The molecule has 0 saturated carbocycles. The minimum Gasteiger partial charge on any atom is -0.493 e. The van der Waals surface area contributed by atoms with E-state index >= 15 is 0 Å². The molecule has 20 heavy (non-hydrogen) atoms. The molecular weight excluding hydrogens is 322 g/mol. The van der Waals surface area contributed by atoms with Crippen LogP contribution in [0.2, 0.25) is 0 Å². The van der Waals surface area contributed by atoms with Crippen LogP contribution >= 0.6 is 15.9 Å². The number of carbonyl (C=O) groups is 1. The van der Waals surface area contributed by atoms with Gasteiger partial charge in [-0.3, -0.25) is 4.79 Å². The van der Waals surface area contributed by atoms with Crippen LogP contribution in [0.5, 0.6) is 5.75 Å². The van der Waals surface area contributed by atoms with Gasteiger partial charge in [-0.25, -0.2) is 0 Å². The van der Waals surface area contributed by atoms with Crippen LogP contribution in [0.25, 0.3) is 0 Å². The lowest BCUT2D eigenvalue weighted by molar-refractivity contribution is -0.141. The third kappa shape index (κ3) is 6.39. The van der Waals surface area contributed by atoms with Gasteiger partial charge in [-0.15, -0.1) is 0 Å². The SMILES string of the molecule is COC(=O)CCOc1ccc(Br)cc1CNCC(C)C. The van der Waals surface area contributed by atoms with Crippen molar-refractivity contribution in [3.05, 3.63) is 28.2 Å². The molecule has 0 atom stereocenters. The fraction of sp³-hybridized carbons (Fsp3) is 0.533. The van der Waals surface area contributed by atoms with Gasteiger partial charge in [0.1, 0.15) is 5.75 Å². The molecule has 5 heteroatoms. The van der Waals surface area contributed by atoms with E-state index in [1.54, 1.807) is 0 Å². The van der Waals surface area contributed by atoms with Crippen molar-refractivity contribution < 1.29 is 14.3 Å². The van der Waals surface area contributed by atoms with Gasteiger partial charge in [0.2, 0.25) is 0 Å². The maximum Gasteiger partial charge on any atom is 0.308 e. The maximum atomic E-state index is 11.1. The van der Waals surface area contributed by atoms with Gasteiger partial charge in [-0.2, -0.15) is 0 Å². The number of ether oxygens (including phenoxy) is 2. The van der Waals surface area contributed by atoms with Gasteiger partial charge >= 0.3 is 5.97 Å². The van der Waals surface area contributed by atoms with Crippen molar-refractivity contribution in [2.45, 2.75) is 26.8 Å². The van der Waals surface area contributed by atoms with Crippen LogP contribution in [0.1, 0.15) is 25.8 Å². The molecule has 0 radical (unpaired) electrons. The first kappa shape index (κ1) is 17.0. The summed E-state index contributed by atoms with van der Waals surface area (Å²) in [5, 5.41) is 3.39. The number of nitrogens with one attached hydrogen (secondary N) is 1. The van der Waals surface area contributed by atoms with Crippen LogP contribution in [-0.4, -0.2) is 26.2 Å². The first-order valence-electron chi connectivity index (χ1n) is 6.71. The number of rotatable bonds is 8. The smallest absolute Gasteiger partial charge is 0.308 e. The molecule has 1 rings (SSSR count). The Morgan fingerprint density at radius 3 is 2.80 bits per heavy atom. The van der Waals surface area contributed by atoms with Crippen LogP contribution in [0.3, 0.4) is 0 Å². The summed E-state index contributed by atoms with van der Waals surface area (Å²) < 4.78 is 11.3. The average molecular weight is 344 g/mol. The van der Waals surface area contributed by atoms with Crippen molar-refractivity contribution in [2.75, 3.05) is 20.3 Å². The van der Waals surface area contributed by atoms with E-state index in [1.807, 2.05) is 18.2 Å². The number of benzene rings is 1. The fourth-order valence-corrected chi connectivity index (χ4v) is 2.08. The lowest BCUT2D eigenvalue weighted by atomic mass is 10.2. The summed E-state index contributed by atoms with van der Waals surface area (Å²) in [6.45, 7) is 6.36. The van der Waals surface area contributed by atoms with Crippen LogP contribution in [0.4, 0.5) is 0 Å². The third-order valence-corrected chi connectivity index (χ3v) is 3.18. The standard InChI is InChI=1S/C15H22BrNO3/c1-11(2)9-17-10-12-8-13(16)4-5-14(12)20-7-6-15(18)19-3/h4-5,8,11,17H,6-7,9-10H2,1-3H3. The highest BCUT2D eigenvalue weighted by atomic mass is 79.9. The van der Waals surface area contributed by atoms with Crippen molar-refractivity contribution in [2.24, 2.45) is 5.92 Å². The zero-order valence-electron chi connectivity index (χ0n) is 12.2. The predicted octanol–water partition coefficient (Wildman–Crippen LogP) is 3.14. The first-order chi connectivity index (χ1) is 9.52. The second kappa shape index (κ2) is 8.97. The summed E-state index contributed by atoms with van der Waals surface area (Å²) in [5.74, 6) is 1.14. The van der Waals surface area contributed by atoms with Gasteiger partial charge in [0, 0.05) is 16.6 Å². The van der Waals surface area contributed by atoms with E-state index in [-0.39, 0.29) is 12.4 Å². The molecular formula is C15H22BrNO3. The van der Waals surface area contributed by atoms with E-state index in [0.717, 1.165) is 28.9 Å². The van der Waals surface area contributed by atoms with Gasteiger partial charge in [-0.05, 0) is 30.7 Å². The summed E-state index contributed by atoms with van der Waals surface area (Å²) in [6.07, 6.45) is 0.255. The number of methoxy groups -OCH3 is 1. The summed E-state index contributed by atoms with van der Waals surface area (Å²) >= 11 is 3.46. The second-order valence-corrected chi connectivity index (χ2v) is 5.87. The van der Waals surface area contributed by atoms with Crippen molar-refractivity contribution in [3.63, 3.8) is 0 Å². The molecule has 0 heterocycles. The van der Waals surface area contributed by atoms with E-state index in [0.29, 0.717) is 12.5 Å². The highest BCUT2D eigenvalue weighted by Crippen LogP contribution is 2.23. The minimum absolute atomic E-state index is 0.255. The second-order valence-electron chi connectivity index (χ2n) is 4.95. The van der Waals surface area contributed by atoms with Crippen LogP contribution in [0.15, 0.2) is 22.7 Å². The summed E-state index contributed by atoms with van der Waals surface area (Å²) in [7, 11) is 1.38. The molecule has 112 valence electrons. The van der Waals surface area contributed by atoms with Crippen LogP contribution in [-0.2, 0) is 16.1 Å². The molecule has 4 nitrogen and oxygen atoms in total. The highest BCUT2D eigenvalue weighted by Gasteiger charge is 2.07. The lowest BCUT2D eigenvalue weighted by Crippen LogP contribution is -2.19. The van der Waals surface area contributed by atoms with E-state index in [9.17, 15) is 4.79 Å². The molecule has 0 aliphatic rings. The third-order valence-electron chi connectivity index (χ3n) is 2.68. The molecule has 0 spiro atoms. The van der Waals surface area contributed by atoms with E-state index < -0.39 is 0 Å². The molecule has 0 amide bonds. The lowest BCUT2D eigenvalue weighted by Gasteiger charge is -2.13. The molecule has 0 bridgehead atoms. The van der Waals surface area contributed by atoms with E-state index in [2.05, 4.69) is 39.8 Å². The number of carbonyl (C=O) groups excluding carboxylic acids is 1.